The van der Waals surface area contributed by atoms with Crippen LogP contribution in [-0.2, 0) is 6.42 Å². The van der Waals surface area contributed by atoms with E-state index < -0.39 is 0 Å². The molecule has 0 spiro atoms. The van der Waals surface area contributed by atoms with E-state index in [-0.39, 0.29) is 0 Å². The van der Waals surface area contributed by atoms with Crippen molar-refractivity contribution in [2.24, 2.45) is 0 Å². The minimum Gasteiger partial charge on any atom is -0.342 e. The van der Waals surface area contributed by atoms with E-state index in [0.29, 0.717) is 0 Å². The molecular formula is C13H16ClN3. The molecule has 2 aromatic rings. The third-order valence-corrected chi connectivity index (χ3v) is 2.97. The van der Waals surface area contributed by atoms with Gasteiger partial charge in [-0.25, -0.2) is 4.98 Å². The Hall–Kier alpha value is -1.32. The van der Waals surface area contributed by atoms with Crippen LogP contribution >= 0.6 is 11.6 Å². The predicted molar refractivity (Wildman–Crippen MR) is 71.4 cm³/mol. The molecule has 90 valence electrons. The number of rotatable bonds is 4. The highest BCUT2D eigenvalue weighted by molar-refractivity contribution is 6.30. The molecule has 2 rings (SSSR count). The van der Waals surface area contributed by atoms with Crippen molar-refractivity contribution in [2.75, 3.05) is 13.6 Å². The Balaban J connectivity index is 2.24. The van der Waals surface area contributed by atoms with Crippen LogP contribution < -0.4 is 5.32 Å². The summed E-state index contributed by atoms with van der Waals surface area (Å²) in [4.78, 5) is 7.92. The molecule has 0 amide bonds. The van der Waals surface area contributed by atoms with E-state index in [9.17, 15) is 0 Å². The van der Waals surface area contributed by atoms with Crippen LogP contribution in [0, 0.1) is 6.92 Å². The number of aryl methyl sites for hydroxylation is 1. The number of benzene rings is 1. The van der Waals surface area contributed by atoms with E-state index in [1.807, 2.05) is 31.3 Å². The van der Waals surface area contributed by atoms with Crippen LogP contribution in [0.3, 0.4) is 0 Å². The molecule has 0 saturated heterocycles. The number of hydrogen-bond donors (Lipinski definition) is 2. The molecular weight excluding hydrogens is 234 g/mol. The van der Waals surface area contributed by atoms with Gasteiger partial charge in [0.1, 0.15) is 5.82 Å². The molecule has 3 nitrogen and oxygen atoms in total. The van der Waals surface area contributed by atoms with Gasteiger partial charge in [0.05, 0.1) is 5.69 Å². The third kappa shape index (κ3) is 2.87. The van der Waals surface area contributed by atoms with Crippen LogP contribution in [0.5, 0.6) is 0 Å². The number of nitrogens with zero attached hydrogens (tertiary/aromatic N) is 1. The Kier molecular flexibility index (Phi) is 3.82. The van der Waals surface area contributed by atoms with E-state index in [0.717, 1.165) is 40.8 Å². The zero-order chi connectivity index (χ0) is 12.3. The lowest BCUT2D eigenvalue weighted by Crippen LogP contribution is -2.11. The standard InChI is InChI=1S/C13H16ClN3/c1-9-12(7-8-15-2)17-13(16-9)10-3-5-11(14)6-4-10/h3-6,15H,7-8H2,1-2H3,(H,16,17). The van der Waals surface area contributed by atoms with Gasteiger partial charge in [0.25, 0.3) is 0 Å². The van der Waals surface area contributed by atoms with Crippen molar-refractivity contribution in [1.29, 1.82) is 0 Å². The lowest BCUT2D eigenvalue weighted by Gasteiger charge is -1.97. The molecule has 0 atom stereocenters. The number of likely N-dealkylation sites (N-methyl/N-ethyl adjacent to an activating group) is 1. The number of nitrogens with one attached hydrogen (secondary N) is 2. The van der Waals surface area contributed by atoms with Gasteiger partial charge in [-0.2, -0.15) is 0 Å². The molecule has 0 radical (unpaired) electrons. The smallest absolute Gasteiger partial charge is 0.137 e. The monoisotopic (exact) mass is 249 g/mol. The van der Waals surface area contributed by atoms with E-state index in [2.05, 4.69) is 22.2 Å². The van der Waals surface area contributed by atoms with Crippen LogP contribution in [0.1, 0.15) is 11.4 Å². The second-order valence-electron chi connectivity index (χ2n) is 4.02. The number of hydrogen-bond acceptors (Lipinski definition) is 2. The van der Waals surface area contributed by atoms with Crippen LogP contribution in [0.25, 0.3) is 11.4 Å². The molecule has 1 aromatic carbocycles. The molecule has 0 aliphatic heterocycles. The predicted octanol–water partition coefficient (Wildman–Crippen LogP) is 2.80. The molecule has 4 heteroatoms. The van der Waals surface area contributed by atoms with Crippen molar-refractivity contribution >= 4 is 11.6 Å². The molecule has 0 unspecified atom stereocenters. The summed E-state index contributed by atoms with van der Waals surface area (Å²) in [6.45, 7) is 2.99. The molecule has 0 bridgehead atoms. The van der Waals surface area contributed by atoms with Gasteiger partial charge in [0.15, 0.2) is 0 Å². The average Bonchev–Trinajstić information content (AvgIpc) is 2.69. The van der Waals surface area contributed by atoms with E-state index in [1.54, 1.807) is 0 Å². The maximum Gasteiger partial charge on any atom is 0.137 e. The molecule has 2 N–H and O–H groups in total. The van der Waals surface area contributed by atoms with Crippen molar-refractivity contribution in [1.82, 2.24) is 15.3 Å². The summed E-state index contributed by atoms with van der Waals surface area (Å²) < 4.78 is 0. The quantitative estimate of drug-likeness (QED) is 0.875. The average molecular weight is 250 g/mol. The molecule has 0 fully saturated rings. The van der Waals surface area contributed by atoms with Crippen LogP contribution in [-0.4, -0.2) is 23.6 Å². The van der Waals surface area contributed by atoms with Gasteiger partial charge < -0.3 is 10.3 Å². The van der Waals surface area contributed by atoms with Gasteiger partial charge in [0.2, 0.25) is 0 Å². The Morgan fingerprint density at radius 2 is 2.00 bits per heavy atom. The lowest BCUT2D eigenvalue weighted by molar-refractivity contribution is 0.776. The van der Waals surface area contributed by atoms with Crippen molar-refractivity contribution in [3.63, 3.8) is 0 Å². The maximum atomic E-state index is 5.87. The molecule has 17 heavy (non-hydrogen) atoms. The third-order valence-electron chi connectivity index (χ3n) is 2.71. The van der Waals surface area contributed by atoms with Gasteiger partial charge in [-0.05, 0) is 38.2 Å². The molecule has 0 saturated carbocycles. The first-order chi connectivity index (χ1) is 8.20. The minimum absolute atomic E-state index is 0.743. The maximum absolute atomic E-state index is 5.87. The van der Waals surface area contributed by atoms with Crippen molar-refractivity contribution in [3.05, 3.63) is 40.7 Å². The lowest BCUT2D eigenvalue weighted by atomic mass is 10.2. The summed E-state index contributed by atoms with van der Waals surface area (Å²) in [7, 11) is 1.95. The highest BCUT2D eigenvalue weighted by Gasteiger charge is 2.07. The topological polar surface area (TPSA) is 40.7 Å². The Morgan fingerprint density at radius 3 is 2.65 bits per heavy atom. The van der Waals surface area contributed by atoms with Crippen molar-refractivity contribution in [2.45, 2.75) is 13.3 Å². The Labute approximate surface area is 106 Å². The largest absolute Gasteiger partial charge is 0.342 e. The van der Waals surface area contributed by atoms with E-state index in [4.69, 9.17) is 11.6 Å². The number of halogens is 1. The Bertz CT molecular complexity index is 488. The second-order valence-corrected chi connectivity index (χ2v) is 4.45. The minimum atomic E-state index is 0.743. The van der Waals surface area contributed by atoms with Gasteiger partial charge >= 0.3 is 0 Å². The molecule has 0 aliphatic rings. The first-order valence-corrected chi connectivity index (χ1v) is 6.04. The van der Waals surface area contributed by atoms with Gasteiger partial charge in [-0.3, -0.25) is 0 Å². The number of aromatic nitrogens is 2. The summed E-state index contributed by atoms with van der Waals surface area (Å²) in [6, 6.07) is 7.70. The summed E-state index contributed by atoms with van der Waals surface area (Å²) >= 11 is 5.87. The molecule has 0 aliphatic carbocycles. The summed E-state index contributed by atoms with van der Waals surface area (Å²) in [5.41, 5.74) is 3.31. The summed E-state index contributed by atoms with van der Waals surface area (Å²) in [6.07, 6.45) is 0.937. The summed E-state index contributed by atoms with van der Waals surface area (Å²) in [5.74, 6) is 0.908. The van der Waals surface area contributed by atoms with E-state index >= 15 is 0 Å². The number of H-pyrrole nitrogens is 1. The fourth-order valence-corrected chi connectivity index (χ4v) is 1.85. The van der Waals surface area contributed by atoms with Gasteiger partial charge in [0, 0.05) is 29.2 Å². The number of aromatic amines is 1. The van der Waals surface area contributed by atoms with Crippen molar-refractivity contribution < 1.29 is 0 Å². The fourth-order valence-electron chi connectivity index (χ4n) is 1.73. The van der Waals surface area contributed by atoms with Gasteiger partial charge in [-0.15, -0.1) is 0 Å². The first-order valence-electron chi connectivity index (χ1n) is 5.66. The first kappa shape index (κ1) is 12.1. The molecule has 1 aromatic heterocycles. The van der Waals surface area contributed by atoms with Gasteiger partial charge in [-0.1, -0.05) is 11.6 Å². The van der Waals surface area contributed by atoms with Crippen LogP contribution in [0.2, 0.25) is 5.02 Å². The zero-order valence-corrected chi connectivity index (χ0v) is 10.8. The fraction of sp³-hybridized carbons (Fsp3) is 0.308. The van der Waals surface area contributed by atoms with Crippen LogP contribution in [0.4, 0.5) is 0 Å². The van der Waals surface area contributed by atoms with Crippen molar-refractivity contribution in [3.8, 4) is 11.4 Å². The SMILES string of the molecule is CNCCc1nc(-c2ccc(Cl)cc2)[nH]c1C. The second kappa shape index (κ2) is 5.34. The summed E-state index contributed by atoms with van der Waals surface area (Å²) in [5, 5.41) is 3.87. The van der Waals surface area contributed by atoms with E-state index in [1.165, 1.54) is 0 Å². The highest BCUT2D eigenvalue weighted by atomic mass is 35.5. The Morgan fingerprint density at radius 1 is 1.29 bits per heavy atom. The van der Waals surface area contributed by atoms with Crippen LogP contribution in [0.15, 0.2) is 24.3 Å². The highest BCUT2D eigenvalue weighted by Crippen LogP contribution is 2.20. The zero-order valence-electron chi connectivity index (χ0n) is 10.0. The number of imidazole rings is 1. The normalized spacial score (nSPS) is 10.8. The molecule has 1 heterocycles.